The summed E-state index contributed by atoms with van der Waals surface area (Å²) in [5.74, 6) is 1.03. The standard InChI is InChI=1S/C31H40N2O/c1-4-5-18-33-19-16-30(27-11-8-17-32-22-27)31(23-33)28-15-14-26(21-24(28)2)29-13-7-6-10-25(29)12-9-20-34-3/h6-8,10-11,13-15,17,21-22,30-31H,4-5,9,12,16,18-20,23H2,1-3H3. The Morgan fingerprint density at radius 3 is 2.68 bits per heavy atom. The first-order valence-electron chi connectivity index (χ1n) is 13.0. The predicted octanol–water partition coefficient (Wildman–Crippen LogP) is 7.01. The fourth-order valence-electron chi connectivity index (χ4n) is 5.60. The van der Waals surface area contributed by atoms with Gasteiger partial charge in [-0.25, -0.2) is 0 Å². The molecule has 1 aliphatic rings. The molecule has 1 aromatic heterocycles. The molecule has 0 aliphatic carbocycles. The number of methoxy groups -OCH3 is 1. The van der Waals surface area contributed by atoms with Gasteiger partial charge in [0.1, 0.15) is 0 Å². The molecule has 0 bridgehead atoms. The van der Waals surface area contributed by atoms with Crippen molar-refractivity contribution in [3.8, 4) is 11.1 Å². The lowest BCUT2D eigenvalue weighted by molar-refractivity contribution is 0.186. The number of rotatable bonds is 10. The van der Waals surface area contributed by atoms with Crippen LogP contribution in [-0.2, 0) is 11.2 Å². The van der Waals surface area contributed by atoms with Crippen molar-refractivity contribution in [1.82, 2.24) is 9.88 Å². The molecule has 3 nitrogen and oxygen atoms in total. The van der Waals surface area contributed by atoms with E-state index >= 15 is 0 Å². The third-order valence-electron chi connectivity index (χ3n) is 7.43. The van der Waals surface area contributed by atoms with Gasteiger partial charge in [-0.3, -0.25) is 4.98 Å². The smallest absolute Gasteiger partial charge is 0.0465 e. The van der Waals surface area contributed by atoms with Crippen molar-refractivity contribution < 1.29 is 4.74 Å². The van der Waals surface area contributed by atoms with E-state index in [2.05, 4.69) is 84.5 Å². The zero-order chi connectivity index (χ0) is 23.8. The maximum atomic E-state index is 5.28. The van der Waals surface area contributed by atoms with Crippen molar-refractivity contribution in [1.29, 1.82) is 0 Å². The molecule has 0 amide bonds. The predicted molar refractivity (Wildman–Crippen MR) is 142 cm³/mol. The molecule has 1 aliphatic heterocycles. The van der Waals surface area contributed by atoms with Gasteiger partial charge in [0.15, 0.2) is 0 Å². The van der Waals surface area contributed by atoms with Crippen molar-refractivity contribution in [2.45, 2.75) is 57.8 Å². The van der Waals surface area contributed by atoms with E-state index in [1.807, 2.05) is 6.20 Å². The molecule has 0 saturated carbocycles. The second kappa shape index (κ2) is 12.3. The van der Waals surface area contributed by atoms with E-state index < -0.39 is 0 Å². The number of likely N-dealkylation sites (tertiary alicyclic amines) is 1. The minimum atomic E-state index is 0.501. The molecule has 4 rings (SSSR count). The summed E-state index contributed by atoms with van der Waals surface area (Å²) in [6.07, 6.45) is 9.80. The van der Waals surface area contributed by atoms with Crippen molar-refractivity contribution in [3.05, 3.63) is 89.2 Å². The number of hydrogen-bond acceptors (Lipinski definition) is 3. The van der Waals surface area contributed by atoms with Crippen LogP contribution in [0.2, 0.25) is 0 Å². The lowest BCUT2D eigenvalue weighted by Crippen LogP contribution is -2.39. The lowest BCUT2D eigenvalue weighted by Gasteiger charge is -2.40. The van der Waals surface area contributed by atoms with Gasteiger partial charge in [-0.2, -0.15) is 0 Å². The number of hydrogen-bond donors (Lipinski definition) is 0. The van der Waals surface area contributed by atoms with Gasteiger partial charge in [0.25, 0.3) is 0 Å². The molecule has 0 N–H and O–H groups in total. The maximum absolute atomic E-state index is 5.28. The van der Waals surface area contributed by atoms with E-state index in [1.165, 1.54) is 65.7 Å². The Labute approximate surface area is 206 Å². The molecular formula is C31H40N2O. The van der Waals surface area contributed by atoms with Gasteiger partial charge in [-0.15, -0.1) is 0 Å². The number of aryl methyl sites for hydroxylation is 2. The van der Waals surface area contributed by atoms with Crippen LogP contribution in [0.15, 0.2) is 67.0 Å². The highest BCUT2D eigenvalue weighted by molar-refractivity contribution is 5.68. The lowest BCUT2D eigenvalue weighted by atomic mass is 9.75. The molecule has 0 radical (unpaired) electrons. The van der Waals surface area contributed by atoms with E-state index in [0.717, 1.165) is 26.0 Å². The van der Waals surface area contributed by atoms with Crippen LogP contribution in [0.5, 0.6) is 0 Å². The SMILES string of the molecule is CCCCN1CCC(c2cccnc2)C(c2ccc(-c3ccccc3CCCOC)cc2C)C1. The fraction of sp³-hybridized carbons (Fsp3) is 0.452. The molecule has 2 heterocycles. The van der Waals surface area contributed by atoms with Gasteiger partial charge in [-0.1, -0.05) is 61.9 Å². The zero-order valence-electron chi connectivity index (χ0n) is 21.2. The molecule has 34 heavy (non-hydrogen) atoms. The van der Waals surface area contributed by atoms with Gasteiger partial charge >= 0.3 is 0 Å². The Hall–Kier alpha value is -2.49. The number of piperidine rings is 1. The highest BCUT2D eigenvalue weighted by Crippen LogP contribution is 2.41. The molecule has 1 fully saturated rings. The average Bonchev–Trinajstić information content (AvgIpc) is 2.88. The summed E-state index contributed by atoms with van der Waals surface area (Å²) < 4.78 is 5.28. The summed E-state index contributed by atoms with van der Waals surface area (Å²) in [6.45, 7) is 8.92. The van der Waals surface area contributed by atoms with Crippen LogP contribution in [0.25, 0.3) is 11.1 Å². The molecule has 2 atom stereocenters. The molecule has 1 saturated heterocycles. The van der Waals surface area contributed by atoms with E-state index in [4.69, 9.17) is 4.74 Å². The largest absolute Gasteiger partial charge is 0.385 e. The monoisotopic (exact) mass is 456 g/mol. The Morgan fingerprint density at radius 1 is 1.03 bits per heavy atom. The Bertz CT molecular complexity index is 1030. The first-order valence-corrected chi connectivity index (χ1v) is 13.0. The Morgan fingerprint density at radius 2 is 1.91 bits per heavy atom. The first kappa shape index (κ1) is 24.6. The van der Waals surface area contributed by atoms with Crippen molar-refractivity contribution >= 4 is 0 Å². The van der Waals surface area contributed by atoms with Crippen LogP contribution in [-0.4, -0.2) is 43.2 Å². The Balaban J connectivity index is 1.63. The van der Waals surface area contributed by atoms with Gasteiger partial charge in [0.2, 0.25) is 0 Å². The topological polar surface area (TPSA) is 25.4 Å². The van der Waals surface area contributed by atoms with Crippen LogP contribution in [0.4, 0.5) is 0 Å². The molecule has 3 aromatic rings. The van der Waals surface area contributed by atoms with Crippen LogP contribution in [0.1, 0.15) is 66.7 Å². The van der Waals surface area contributed by atoms with Crippen molar-refractivity contribution in [3.63, 3.8) is 0 Å². The van der Waals surface area contributed by atoms with Crippen molar-refractivity contribution in [2.24, 2.45) is 0 Å². The summed E-state index contributed by atoms with van der Waals surface area (Å²) >= 11 is 0. The number of nitrogens with zero attached hydrogens (tertiary/aromatic N) is 2. The highest BCUT2D eigenvalue weighted by atomic mass is 16.5. The number of pyridine rings is 1. The third-order valence-corrected chi connectivity index (χ3v) is 7.43. The summed E-state index contributed by atoms with van der Waals surface area (Å²) in [6, 6.07) is 20.4. The number of benzene rings is 2. The highest BCUT2D eigenvalue weighted by Gasteiger charge is 2.32. The minimum Gasteiger partial charge on any atom is -0.385 e. The van der Waals surface area contributed by atoms with Gasteiger partial charge in [0, 0.05) is 38.6 Å². The minimum absolute atomic E-state index is 0.501. The second-order valence-electron chi connectivity index (χ2n) is 9.77. The zero-order valence-corrected chi connectivity index (χ0v) is 21.2. The van der Waals surface area contributed by atoms with Crippen LogP contribution >= 0.6 is 0 Å². The van der Waals surface area contributed by atoms with Crippen LogP contribution in [0.3, 0.4) is 0 Å². The van der Waals surface area contributed by atoms with Gasteiger partial charge in [0.05, 0.1) is 0 Å². The molecule has 0 spiro atoms. The number of unbranched alkanes of at least 4 members (excludes halogenated alkanes) is 1. The normalized spacial score (nSPS) is 18.8. The first-order chi connectivity index (χ1) is 16.7. The second-order valence-corrected chi connectivity index (χ2v) is 9.77. The van der Waals surface area contributed by atoms with E-state index in [-0.39, 0.29) is 0 Å². The molecule has 3 heteroatoms. The molecular weight excluding hydrogens is 416 g/mol. The third kappa shape index (κ3) is 5.95. The van der Waals surface area contributed by atoms with Gasteiger partial charge < -0.3 is 9.64 Å². The van der Waals surface area contributed by atoms with E-state index in [0.29, 0.717) is 11.8 Å². The summed E-state index contributed by atoms with van der Waals surface area (Å²) in [5, 5.41) is 0. The number of ether oxygens (including phenoxy) is 1. The quantitative estimate of drug-likeness (QED) is 0.307. The molecule has 180 valence electrons. The van der Waals surface area contributed by atoms with E-state index in [1.54, 1.807) is 7.11 Å². The fourth-order valence-corrected chi connectivity index (χ4v) is 5.60. The van der Waals surface area contributed by atoms with Crippen molar-refractivity contribution in [2.75, 3.05) is 33.4 Å². The maximum Gasteiger partial charge on any atom is 0.0465 e. The molecule has 2 unspecified atom stereocenters. The summed E-state index contributed by atoms with van der Waals surface area (Å²) in [4.78, 5) is 7.13. The van der Waals surface area contributed by atoms with Crippen LogP contribution < -0.4 is 0 Å². The van der Waals surface area contributed by atoms with Gasteiger partial charge in [-0.05, 0) is 91.1 Å². The van der Waals surface area contributed by atoms with E-state index in [9.17, 15) is 0 Å². The summed E-state index contributed by atoms with van der Waals surface area (Å²) in [5.41, 5.74) is 8.37. The average molecular weight is 457 g/mol. The number of aromatic nitrogens is 1. The summed E-state index contributed by atoms with van der Waals surface area (Å²) in [7, 11) is 1.78. The van der Waals surface area contributed by atoms with Crippen LogP contribution in [0, 0.1) is 6.92 Å². The Kier molecular flexibility index (Phi) is 8.90. The molecule has 2 aromatic carbocycles.